The predicted molar refractivity (Wildman–Crippen MR) is 257 cm³/mol. The second-order valence-corrected chi connectivity index (χ2v) is 19.0. The molecule has 0 aromatic carbocycles. The van der Waals surface area contributed by atoms with Crippen LogP contribution in [0, 0.1) is 5.92 Å². The van der Waals surface area contributed by atoms with E-state index in [0.717, 1.165) is 63.7 Å². The summed E-state index contributed by atoms with van der Waals surface area (Å²) in [5.41, 5.74) is 0. The van der Waals surface area contributed by atoms with E-state index >= 15 is 0 Å². The first-order valence-corrected chi connectivity index (χ1v) is 26.9. The molecule has 0 aromatic heterocycles. The van der Waals surface area contributed by atoms with E-state index in [4.69, 9.17) is 14.2 Å². The third-order valence-electron chi connectivity index (χ3n) is 12.3. The second kappa shape index (κ2) is 48.4. The van der Waals surface area contributed by atoms with Gasteiger partial charge in [0.15, 0.2) is 6.10 Å². The van der Waals surface area contributed by atoms with Crippen molar-refractivity contribution in [2.45, 2.75) is 310 Å². The molecular formula is C54H104O6. The van der Waals surface area contributed by atoms with Crippen molar-refractivity contribution in [2.75, 3.05) is 13.2 Å². The lowest BCUT2D eigenvalue weighted by Gasteiger charge is -2.18. The van der Waals surface area contributed by atoms with Crippen LogP contribution in [-0.4, -0.2) is 37.2 Å². The van der Waals surface area contributed by atoms with Crippen LogP contribution in [0.1, 0.15) is 304 Å². The van der Waals surface area contributed by atoms with Crippen molar-refractivity contribution in [3.8, 4) is 0 Å². The van der Waals surface area contributed by atoms with Gasteiger partial charge in [0.2, 0.25) is 0 Å². The summed E-state index contributed by atoms with van der Waals surface area (Å²) in [6.45, 7) is 9.04. The van der Waals surface area contributed by atoms with E-state index in [-0.39, 0.29) is 31.1 Å². The summed E-state index contributed by atoms with van der Waals surface area (Å²) in [6.07, 6.45) is 50.9. The fraction of sp³-hybridized carbons (Fsp3) is 0.944. The third-order valence-corrected chi connectivity index (χ3v) is 12.3. The van der Waals surface area contributed by atoms with Crippen molar-refractivity contribution >= 4 is 17.9 Å². The summed E-state index contributed by atoms with van der Waals surface area (Å²) in [6, 6.07) is 0. The number of rotatable bonds is 49. The molecule has 60 heavy (non-hydrogen) atoms. The highest BCUT2D eigenvalue weighted by Crippen LogP contribution is 2.17. The smallest absolute Gasteiger partial charge is 0.306 e. The molecule has 1 atom stereocenters. The molecule has 0 rings (SSSR count). The summed E-state index contributed by atoms with van der Waals surface area (Å²) in [5, 5.41) is 0. The molecule has 0 saturated carbocycles. The van der Waals surface area contributed by atoms with E-state index in [1.54, 1.807) is 0 Å². The topological polar surface area (TPSA) is 78.9 Å². The predicted octanol–water partition coefficient (Wildman–Crippen LogP) is 17.5. The molecule has 356 valence electrons. The van der Waals surface area contributed by atoms with Gasteiger partial charge in [-0.1, -0.05) is 265 Å². The maximum Gasteiger partial charge on any atom is 0.306 e. The highest BCUT2D eigenvalue weighted by atomic mass is 16.6. The zero-order chi connectivity index (χ0) is 43.8. The van der Waals surface area contributed by atoms with Gasteiger partial charge in [0.1, 0.15) is 13.2 Å². The molecule has 0 spiro atoms. The Kier molecular flexibility index (Phi) is 47.2. The van der Waals surface area contributed by atoms with Crippen molar-refractivity contribution in [1.29, 1.82) is 0 Å². The zero-order valence-electron chi connectivity index (χ0n) is 40.9. The van der Waals surface area contributed by atoms with E-state index in [2.05, 4.69) is 27.7 Å². The SMILES string of the molecule is CCCCCCCCCCCCCCCC(=O)OC[C@@H](COC(=O)CCCCCCCCCCCCCCCCCC(C)C)OC(=O)CCCCCCCCCCCCC. The van der Waals surface area contributed by atoms with Gasteiger partial charge in [-0.05, 0) is 25.2 Å². The summed E-state index contributed by atoms with van der Waals surface area (Å²) < 4.78 is 16.8. The molecule has 6 heteroatoms. The Morgan fingerprint density at radius 3 is 0.817 bits per heavy atom. The van der Waals surface area contributed by atoms with Crippen LogP contribution in [0.15, 0.2) is 0 Å². The van der Waals surface area contributed by atoms with Gasteiger partial charge in [0.25, 0.3) is 0 Å². The highest BCUT2D eigenvalue weighted by Gasteiger charge is 2.19. The molecular weight excluding hydrogens is 745 g/mol. The summed E-state index contributed by atoms with van der Waals surface area (Å²) in [5.74, 6) is 0.00748. The van der Waals surface area contributed by atoms with Crippen LogP contribution in [0.25, 0.3) is 0 Å². The monoisotopic (exact) mass is 849 g/mol. The minimum Gasteiger partial charge on any atom is -0.462 e. The van der Waals surface area contributed by atoms with E-state index < -0.39 is 6.10 Å². The Morgan fingerprint density at radius 1 is 0.317 bits per heavy atom. The first-order valence-electron chi connectivity index (χ1n) is 26.9. The van der Waals surface area contributed by atoms with Crippen molar-refractivity contribution < 1.29 is 28.6 Å². The van der Waals surface area contributed by atoms with Crippen molar-refractivity contribution in [3.63, 3.8) is 0 Å². The highest BCUT2D eigenvalue weighted by molar-refractivity contribution is 5.71. The Hall–Kier alpha value is -1.59. The average Bonchev–Trinajstić information content (AvgIpc) is 3.23. The van der Waals surface area contributed by atoms with Crippen LogP contribution in [0.4, 0.5) is 0 Å². The number of ether oxygens (including phenoxy) is 3. The number of unbranched alkanes of at least 4 members (excludes halogenated alkanes) is 36. The van der Waals surface area contributed by atoms with Gasteiger partial charge < -0.3 is 14.2 Å². The first kappa shape index (κ1) is 58.4. The van der Waals surface area contributed by atoms with Crippen LogP contribution in [-0.2, 0) is 28.6 Å². The maximum absolute atomic E-state index is 12.8. The fourth-order valence-corrected chi connectivity index (χ4v) is 8.22. The van der Waals surface area contributed by atoms with Gasteiger partial charge in [0, 0.05) is 19.3 Å². The maximum atomic E-state index is 12.8. The van der Waals surface area contributed by atoms with E-state index in [1.807, 2.05) is 0 Å². The molecule has 6 nitrogen and oxygen atoms in total. The molecule has 0 fully saturated rings. The third kappa shape index (κ3) is 47.5. The van der Waals surface area contributed by atoms with Gasteiger partial charge >= 0.3 is 17.9 Å². The van der Waals surface area contributed by atoms with Gasteiger partial charge in [-0.15, -0.1) is 0 Å². The molecule has 0 aliphatic carbocycles. The van der Waals surface area contributed by atoms with Crippen molar-refractivity contribution in [1.82, 2.24) is 0 Å². The minimum absolute atomic E-state index is 0.0624. The minimum atomic E-state index is -0.760. The number of carbonyl (C=O) groups excluding carboxylic acids is 3. The summed E-state index contributed by atoms with van der Waals surface area (Å²) in [4.78, 5) is 37.9. The van der Waals surface area contributed by atoms with E-state index in [1.165, 1.54) is 199 Å². The van der Waals surface area contributed by atoms with E-state index in [9.17, 15) is 14.4 Å². The second-order valence-electron chi connectivity index (χ2n) is 19.0. The lowest BCUT2D eigenvalue weighted by atomic mass is 10.0. The molecule has 0 aliphatic rings. The number of hydrogen-bond donors (Lipinski definition) is 0. The standard InChI is InChI=1S/C54H104O6/c1-5-7-9-11-13-15-17-21-26-29-33-37-41-45-52(55)58-48-51(60-54(57)47-43-39-35-31-24-16-14-12-10-8-6-2)49-59-53(56)46-42-38-34-30-27-23-20-18-19-22-25-28-32-36-40-44-50(3)4/h50-51H,5-49H2,1-4H3/t51-/m0/s1. The van der Waals surface area contributed by atoms with Gasteiger partial charge in [-0.2, -0.15) is 0 Å². The molecule has 0 radical (unpaired) electrons. The van der Waals surface area contributed by atoms with Crippen LogP contribution in [0.2, 0.25) is 0 Å². The summed E-state index contributed by atoms with van der Waals surface area (Å²) >= 11 is 0. The molecule has 0 unspecified atom stereocenters. The fourth-order valence-electron chi connectivity index (χ4n) is 8.22. The van der Waals surface area contributed by atoms with Crippen molar-refractivity contribution in [2.24, 2.45) is 5.92 Å². The Morgan fingerprint density at radius 2 is 0.550 bits per heavy atom. The molecule has 0 saturated heterocycles. The van der Waals surface area contributed by atoms with Crippen LogP contribution in [0.5, 0.6) is 0 Å². The normalized spacial score (nSPS) is 11.9. The van der Waals surface area contributed by atoms with Crippen molar-refractivity contribution in [3.05, 3.63) is 0 Å². The molecule has 0 amide bonds. The molecule has 0 heterocycles. The Labute approximate surface area is 374 Å². The molecule has 0 N–H and O–H groups in total. The largest absolute Gasteiger partial charge is 0.462 e. The van der Waals surface area contributed by atoms with Gasteiger partial charge in [-0.3, -0.25) is 14.4 Å². The van der Waals surface area contributed by atoms with Gasteiger partial charge in [0.05, 0.1) is 0 Å². The van der Waals surface area contributed by atoms with Crippen LogP contribution < -0.4 is 0 Å². The summed E-state index contributed by atoms with van der Waals surface area (Å²) in [7, 11) is 0. The van der Waals surface area contributed by atoms with E-state index in [0.29, 0.717) is 19.3 Å². The van der Waals surface area contributed by atoms with Gasteiger partial charge in [-0.25, -0.2) is 0 Å². The molecule has 0 bridgehead atoms. The first-order chi connectivity index (χ1) is 29.4. The Balaban J connectivity index is 4.25. The van der Waals surface area contributed by atoms with Crippen LogP contribution >= 0.6 is 0 Å². The lowest BCUT2D eigenvalue weighted by molar-refractivity contribution is -0.167. The number of esters is 3. The molecule has 0 aliphatic heterocycles. The average molecular weight is 849 g/mol. The number of carbonyl (C=O) groups is 3. The number of hydrogen-bond acceptors (Lipinski definition) is 6. The quantitative estimate of drug-likeness (QED) is 0.0345. The zero-order valence-corrected chi connectivity index (χ0v) is 40.9. The van der Waals surface area contributed by atoms with Crippen LogP contribution in [0.3, 0.4) is 0 Å². The Bertz CT molecular complexity index is 903. The molecule has 0 aromatic rings. The lowest BCUT2D eigenvalue weighted by Crippen LogP contribution is -2.30.